The van der Waals surface area contributed by atoms with Gasteiger partial charge >= 0.3 is 18.1 Å². The number of carbonyl (C=O) groups is 2. The number of fused-ring (bicyclic) bond motifs is 1. The Hall–Kier alpha value is -3.69. The van der Waals surface area contributed by atoms with Gasteiger partial charge in [-0.15, -0.1) is 0 Å². The first kappa shape index (κ1) is 31.3. The molecule has 0 radical (unpaired) electrons. The third kappa shape index (κ3) is 5.44. The zero-order valence-electron chi connectivity index (χ0n) is 25.4. The summed E-state index contributed by atoms with van der Waals surface area (Å²) in [6, 6.07) is 12.9. The van der Waals surface area contributed by atoms with Gasteiger partial charge in [0.2, 0.25) is 0 Å². The van der Waals surface area contributed by atoms with Gasteiger partial charge in [-0.2, -0.15) is 22.0 Å². The molecule has 240 valence electrons. The second kappa shape index (κ2) is 10.2. The molecule has 3 aromatic rings. The number of halogens is 5. The summed E-state index contributed by atoms with van der Waals surface area (Å²) < 4.78 is 72.1. The van der Waals surface area contributed by atoms with E-state index in [2.05, 4.69) is 26.1 Å². The second-order valence-corrected chi connectivity index (χ2v) is 14.8. The maximum Gasteiger partial charge on any atom is 0.458 e. The lowest BCUT2D eigenvalue weighted by Gasteiger charge is -2.70. The summed E-state index contributed by atoms with van der Waals surface area (Å²) in [5.74, 6) is -6.54. The van der Waals surface area contributed by atoms with Crippen LogP contribution in [0.25, 0.3) is 10.8 Å². The average molecular weight is 630 g/mol. The molecule has 4 aliphatic carbocycles. The molecule has 4 aliphatic rings. The van der Waals surface area contributed by atoms with Gasteiger partial charge < -0.3 is 15.2 Å². The van der Waals surface area contributed by atoms with Crippen molar-refractivity contribution in [1.29, 1.82) is 0 Å². The molecule has 7 rings (SSSR count). The van der Waals surface area contributed by atoms with Crippen molar-refractivity contribution in [3.63, 3.8) is 0 Å². The summed E-state index contributed by atoms with van der Waals surface area (Å²) in [6.45, 7) is 6.49. The predicted molar refractivity (Wildman–Crippen MR) is 158 cm³/mol. The number of ether oxygens (including phenoxy) is 1. The van der Waals surface area contributed by atoms with E-state index in [1.54, 1.807) is 30.3 Å². The van der Waals surface area contributed by atoms with Gasteiger partial charge in [0.15, 0.2) is 0 Å². The Balaban J connectivity index is 1.30. The standard InChI is InChI=1S/C35H36F5NO4/c1-30-15-31(2)17-32(3,16-30)20-33(18-30,19-31)27(29(43)44)41-28(42)25-13-10-22-6-4-5-7-24(22)26(25)45-14-21-8-11-23(12-9-21)34(36,37)35(38,39)40/h4-13,27H,14-20H2,1-3H3,(H,41,42)(H,43,44). The van der Waals surface area contributed by atoms with Crippen LogP contribution in [0, 0.1) is 21.7 Å². The SMILES string of the molecule is CC12CC3(C)CC(C)(C1)CC(C(NC(=O)c1ccc4ccccc4c1OCc1ccc(C(F)(F)C(F)(F)F)cc1)C(=O)O)(C2)C3. The predicted octanol–water partition coefficient (Wildman–Crippen LogP) is 8.64. The molecule has 45 heavy (non-hydrogen) atoms. The summed E-state index contributed by atoms with van der Waals surface area (Å²) in [5, 5.41) is 14.7. The van der Waals surface area contributed by atoms with Crippen LogP contribution >= 0.6 is 0 Å². The average Bonchev–Trinajstić information content (AvgIpc) is 2.91. The van der Waals surface area contributed by atoms with Crippen LogP contribution in [0.15, 0.2) is 60.7 Å². The van der Waals surface area contributed by atoms with Gasteiger partial charge in [-0.1, -0.05) is 75.4 Å². The van der Waals surface area contributed by atoms with E-state index in [0.717, 1.165) is 36.8 Å². The molecular weight excluding hydrogens is 593 g/mol. The molecule has 1 unspecified atom stereocenters. The molecule has 5 nitrogen and oxygen atoms in total. The molecular formula is C35H36F5NO4. The third-order valence-electron chi connectivity index (χ3n) is 10.2. The Morgan fingerprint density at radius 2 is 1.38 bits per heavy atom. The number of nitrogens with one attached hydrogen (secondary N) is 1. The lowest BCUT2D eigenvalue weighted by molar-refractivity contribution is -0.289. The Morgan fingerprint density at radius 3 is 1.91 bits per heavy atom. The molecule has 3 aromatic carbocycles. The number of aliphatic carboxylic acids is 1. The molecule has 2 N–H and O–H groups in total. The molecule has 0 aromatic heterocycles. The van der Waals surface area contributed by atoms with E-state index in [9.17, 15) is 36.6 Å². The highest BCUT2D eigenvalue weighted by Crippen LogP contribution is 2.74. The van der Waals surface area contributed by atoms with Crippen LogP contribution in [-0.2, 0) is 17.3 Å². The fourth-order valence-electron chi connectivity index (χ4n) is 10.1. The lowest BCUT2D eigenvalue weighted by Crippen LogP contribution is -2.66. The van der Waals surface area contributed by atoms with Crippen LogP contribution in [0.3, 0.4) is 0 Å². The Labute approximate surface area is 258 Å². The van der Waals surface area contributed by atoms with Gasteiger partial charge in [-0.25, -0.2) is 4.79 Å². The highest BCUT2D eigenvalue weighted by Gasteiger charge is 2.67. The summed E-state index contributed by atoms with van der Waals surface area (Å²) in [7, 11) is 0. The number of hydrogen-bond acceptors (Lipinski definition) is 3. The van der Waals surface area contributed by atoms with Crippen molar-refractivity contribution in [1.82, 2.24) is 5.32 Å². The summed E-state index contributed by atoms with van der Waals surface area (Å²) in [5.41, 5.74) is -1.40. The zero-order valence-corrected chi connectivity index (χ0v) is 25.4. The first-order valence-electron chi connectivity index (χ1n) is 15.1. The van der Waals surface area contributed by atoms with Crippen LogP contribution in [0.1, 0.15) is 80.8 Å². The normalized spacial score (nSPS) is 29.9. The van der Waals surface area contributed by atoms with Gasteiger partial charge in [-0.3, -0.25) is 4.79 Å². The van der Waals surface area contributed by atoms with E-state index in [-0.39, 0.29) is 34.2 Å². The molecule has 4 fully saturated rings. The Bertz CT molecular complexity index is 1610. The maximum atomic E-state index is 14.0. The van der Waals surface area contributed by atoms with Gasteiger partial charge in [0.25, 0.3) is 5.91 Å². The summed E-state index contributed by atoms with van der Waals surface area (Å²) >= 11 is 0. The largest absolute Gasteiger partial charge is 0.487 e. The molecule has 0 spiro atoms. The monoisotopic (exact) mass is 629 g/mol. The highest BCUT2D eigenvalue weighted by molar-refractivity contribution is 6.05. The van der Waals surface area contributed by atoms with Gasteiger partial charge in [0.1, 0.15) is 18.4 Å². The number of hydrogen-bond donors (Lipinski definition) is 2. The van der Waals surface area contributed by atoms with Crippen LogP contribution in [0.5, 0.6) is 5.75 Å². The number of benzene rings is 3. The van der Waals surface area contributed by atoms with Crippen molar-refractivity contribution in [3.8, 4) is 5.75 Å². The van der Waals surface area contributed by atoms with E-state index < -0.39 is 41.0 Å². The molecule has 1 atom stereocenters. The summed E-state index contributed by atoms with van der Waals surface area (Å²) in [4.78, 5) is 26.9. The molecule has 1 amide bonds. The number of rotatable bonds is 8. The number of carboxylic acids is 1. The number of carbonyl (C=O) groups excluding carboxylic acids is 1. The first-order chi connectivity index (χ1) is 20.9. The molecule has 4 saturated carbocycles. The molecule has 0 heterocycles. The fourth-order valence-corrected chi connectivity index (χ4v) is 10.1. The van der Waals surface area contributed by atoms with Crippen molar-refractivity contribution in [2.24, 2.45) is 21.7 Å². The minimum absolute atomic E-state index is 0.00644. The first-order valence-corrected chi connectivity index (χ1v) is 15.1. The quantitative estimate of drug-likeness (QED) is 0.245. The second-order valence-electron chi connectivity index (χ2n) is 14.8. The smallest absolute Gasteiger partial charge is 0.458 e. The third-order valence-corrected chi connectivity index (χ3v) is 10.2. The zero-order chi connectivity index (χ0) is 32.6. The topological polar surface area (TPSA) is 75.6 Å². The molecule has 0 aliphatic heterocycles. The van der Waals surface area contributed by atoms with Gasteiger partial charge in [0.05, 0.1) is 5.56 Å². The molecule has 4 bridgehead atoms. The van der Waals surface area contributed by atoms with Gasteiger partial charge in [0, 0.05) is 16.4 Å². The number of amides is 1. The highest BCUT2D eigenvalue weighted by atomic mass is 19.4. The fraction of sp³-hybridized carbons (Fsp3) is 0.486. The van der Waals surface area contributed by atoms with Crippen LogP contribution in [-0.4, -0.2) is 29.2 Å². The number of carboxylic acid groups (broad SMARTS) is 1. The van der Waals surface area contributed by atoms with Crippen LogP contribution < -0.4 is 10.1 Å². The Morgan fingerprint density at radius 1 is 0.822 bits per heavy atom. The van der Waals surface area contributed by atoms with E-state index in [4.69, 9.17) is 4.74 Å². The van der Waals surface area contributed by atoms with E-state index in [1.165, 1.54) is 0 Å². The Kier molecular flexibility index (Phi) is 7.06. The van der Waals surface area contributed by atoms with Crippen molar-refractivity contribution >= 4 is 22.6 Å². The lowest BCUT2D eigenvalue weighted by atomic mass is 9.35. The number of alkyl halides is 5. The van der Waals surface area contributed by atoms with Crippen LogP contribution in [0.2, 0.25) is 0 Å². The van der Waals surface area contributed by atoms with Crippen molar-refractivity contribution in [3.05, 3.63) is 77.4 Å². The summed E-state index contributed by atoms with van der Waals surface area (Å²) in [6.07, 6.45) is -0.473. The van der Waals surface area contributed by atoms with E-state index in [1.807, 2.05) is 6.07 Å². The van der Waals surface area contributed by atoms with E-state index in [0.29, 0.717) is 42.3 Å². The molecule has 10 heteroatoms. The maximum absolute atomic E-state index is 14.0. The van der Waals surface area contributed by atoms with Gasteiger partial charge in [-0.05, 0) is 71.8 Å². The minimum Gasteiger partial charge on any atom is -0.487 e. The van der Waals surface area contributed by atoms with Crippen LogP contribution in [0.4, 0.5) is 22.0 Å². The van der Waals surface area contributed by atoms with Crippen molar-refractivity contribution in [2.75, 3.05) is 0 Å². The van der Waals surface area contributed by atoms with Crippen molar-refractivity contribution < 1.29 is 41.4 Å². The van der Waals surface area contributed by atoms with Crippen molar-refractivity contribution in [2.45, 2.75) is 84.0 Å². The minimum atomic E-state index is -5.73. The van der Waals surface area contributed by atoms with E-state index >= 15 is 0 Å². The molecule has 0 saturated heterocycles.